The smallest absolute Gasteiger partial charge is 0.0881 e. The molecule has 4 nitrogen and oxygen atoms in total. The van der Waals surface area contributed by atoms with Crippen molar-refractivity contribution >= 4 is 11.4 Å². The molecule has 0 aliphatic heterocycles. The summed E-state index contributed by atoms with van der Waals surface area (Å²) in [6.45, 7) is 4.08. The van der Waals surface area contributed by atoms with Crippen LogP contribution in [0.15, 0.2) is 56.9 Å². The average molecular weight is 266 g/mol. The third-order valence-corrected chi connectivity index (χ3v) is 3.14. The fraction of sp³-hybridized carbons (Fsp3) is 0.250. The van der Waals surface area contributed by atoms with Crippen molar-refractivity contribution in [2.24, 2.45) is 20.5 Å². The van der Waals surface area contributed by atoms with Crippen LogP contribution in [0.4, 0.5) is 11.4 Å². The van der Waals surface area contributed by atoms with E-state index in [1.807, 2.05) is 26.0 Å². The van der Waals surface area contributed by atoms with Crippen LogP contribution < -0.4 is 0 Å². The van der Waals surface area contributed by atoms with Gasteiger partial charge in [0.1, 0.15) is 0 Å². The van der Waals surface area contributed by atoms with Crippen molar-refractivity contribution in [3.8, 4) is 11.1 Å². The number of rotatable bonds is 3. The molecule has 0 unspecified atom stereocenters. The summed E-state index contributed by atoms with van der Waals surface area (Å²) >= 11 is 0. The van der Waals surface area contributed by atoms with Crippen molar-refractivity contribution in [2.45, 2.75) is 13.8 Å². The Labute approximate surface area is 119 Å². The Morgan fingerprint density at radius 2 is 1.05 bits per heavy atom. The molecule has 0 saturated carbocycles. The molecule has 0 fully saturated rings. The molecule has 0 radical (unpaired) electrons. The lowest BCUT2D eigenvalue weighted by Gasteiger charge is -2.07. The maximum absolute atomic E-state index is 4.09. The molecule has 2 rings (SSSR count). The number of nitrogens with zero attached hydrogens (tertiary/aromatic N) is 4. The topological polar surface area (TPSA) is 49.4 Å². The van der Waals surface area contributed by atoms with Crippen LogP contribution in [0, 0.1) is 13.8 Å². The normalized spacial score (nSPS) is 11.6. The minimum absolute atomic E-state index is 0.907. The standard InChI is InChI=1S/C16H18N4/c1-11-9-13(5-7-15(11)19-17-3)14-6-8-16(20-18-4)12(2)10-14/h5-10H,1-4H3. The zero-order valence-corrected chi connectivity index (χ0v) is 12.3. The van der Waals surface area contributed by atoms with Crippen molar-refractivity contribution in [3.05, 3.63) is 47.5 Å². The number of hydrogen-bond acceptors (Lipinski definition) is 4. The number of azo groups is 2. The van der Waals surface area contributed by atoms with Gasteiger partial charge in [-0.3, -0.25) is 0 Å². The van der Waals surface area contributed by atoms with Crippen LogP contribution in [0.1, 0.15) is 11.1 Å². The van der Waals surface area contributed by atoms with Crippen molar-refractivity contribution in [1.82, 2.24) is 0 Å². The summed E-state index contributed by atoms with van der Waals surface area (Å²) in [4.78, 5) is 0. The van der Waals surface area contributed by atoms with E-state index < -0.39 is 0 Å². The summed E-state index contributed by atoms with van der Waals surface area (Å²) < 4.78 is 0. The van der Waals surface area contributed by atoms with Crippen LogP contribution in [0.25, 0.3) is 11.1 Å². The van der Waals surface area contributed by atoms with Crippen LogP contribution in [-0.2, 0) is 0 Å². The fourth-order valence-corrected chi connectivity index (χ4v) is 2.11. The van der Waals surface area contributed by atoms with Gasteiger partial charge in [0.25, 0.3) is 0 Å². The third kappa shape index (κ3) is 2.96. The van der Waals surface area contributed by atoms with Gasteiger partial charge in [0.15, 0.2) is 0 Å². The maximum atomic E-state index is 4.09. The first-order valence-corrected chi connectivity index (χ1v) is 6.47. The lowest BCUT2D eigenvalue weighted by atomic mass is 10.0. The average Bonchev–Trinajstić information content (AvgIpc) is 2.44. The number of benzene rings is 2. The highest BCUT2D eigenvalue weighted by Gasteiger charge is 2.04. The van der Waals surface area contributed by atoms with E-state index in [-0.39, 0.29) is 0 Å². The molecule has 0 atom stereocenters. The number of hydrogen-bond donors (Lipinski definition) is 0. The minimum Gasteiger partial charge on any atom is -0.192 e. The molecule has 0 spiro atoms. The lowest BCUT2D eigenvalue weighted by molar-refractivity contribution is 1.15. The molecule has 2 aromatic carbocycles. The van der Waals surface area contributed by atoms with E-state index in [1.165, 1.54) is 11.1 Å². The minimum atomic E-state index is 0.907. The molecule has 20 heavy (non-hydrogen) atoms. The number of aryl methyl sites for hydroxylation is 2. The van der Waals surface area contributed by atoms with Gasteiger partial charge in [-0.2, -0.15) is 20.5 Å². The first-order valence-electron chi connectivity index (χ1n) is 6.47. The Morgan fingerprint density at radius 1 is 0.650 bits per heavy atom. The second kappa shape index (κ2) is 6.19. The first kappa shape index (κ1) is 14.1. The Morgan fingerprint density at radius 3 is 1.35 bits per heavy atom. The molecule has 0 saturated heterocycles. The Bertz CT molecular complexity index is 613. The highest BCUT2D eigenvalue weighted by molar-refractivity contribution is 5.70. The summed E-state index contributed by atoms with van der Waals surface area (Å²) in [5.74, 6) is 0. The van der Waals surface area contributed by atoms with E-state index in [1.54, 1.807) is 14.1 Å². The van der Waals surface area contributed by atoms with Crippen LogP contribution in [0.3, 0.4) is 0 Å². The second-order valence-corrected chi connectivity index (χ2v) is 4.60. The van der Waals surface area contributed by atoms with Gasteiger partial charge < -0.3 is 0 Å². The predicted octanol–water partition coefficient (Wildman–Crippen LogP) is 5.40. The molecule has 102 valence electrons. The molecule has 0 N–H and O–H groups in total. The third-order valence-electron chi connectivity index (χ3n) is 3.14. The van der Waals surface area contributed by atoms with Crippen molar-refractivity contribution < 1.29 is 0 Å². The Kier molecular flexibility index (Phi) is 4.35. The van der Waals surface area contributed by atoms with E-state index >= 15 is 0 Å². The highest BCUT2D eigenvalue weighted by atomic mass is 15.1. The molecule has 0 aliphatic carbocycles. The molecule has 0 aliphatic rings. The molecule has 0 aromatic heterocycles. The quantitative estimate of drug-likeness (QED) is 0.668. The van der Waals surface area contributed by atoms with E-state index in [9.17, 15) is 0 Å². The molecule has 2 aromatic rings. The van der Waals surface area contributed by atoms with E-state index in [0.717, 1.165) is 22.5 Å². The molecule has 0 heterocycles. The van der Waals surface area contributed by atoms with Crippen molar-refractivity contribution in [2.75, 3.05) is 14.1 Å². The lowest BCUT2D eigenvalue weighted by Crippen LogP contribution is -1.83. The molecular weight excluding hydrogens is 248 g/mol. The van der Waals surface area contributed by atoms with E-state index in [0.29, 0.717) is 0 Å². The molecule has 4 heteroatoms. The molecule has 0 amide bonds. The first-order chi connectivity index (χ1) is 9.65. The summed E-state index contributed by atoms with van der Waals surface area (Å²) in [7, 11) is 3.36. The van der Waals surface area contributed by atoms with Crippen molar-refractivity contribution in [3.63, 3.8) is 0 Å². The summed E-state index contributed by atoms with van der Waals surface area (Å²) in [5.41, 5.74) is 6.38. The van der Waals surface area contributed by atoms with Gasteiger partial charge in [-0.25, -0.2) is 0 Å². The monoisotopic (exact) mass is 266 g/mol. The van der Waals surface area contributed by atoms with Gasteiger partial charge in [0.2, 0.25) is 0 Å². The van der Waals surface area contributed by atoms with Gasteiger partial charge in [0, 0.05) is 14.1 Å². The van der Waals surface area contributed by atoms with Crippen LogP contribution >= 0.6 is 0 Å². The van der Waals surface area contributed by atoms with Crippen molar-refractivity contribution in [1.29, 1.82) is 0 Å². The van der Waals surface area contributed by atoms with Gasteiger partial charge >= 0.3 is 0 Å². The molecular formula is C16H18N4. The largest absolute Gasteiger partial charge is 0.192 e. The highest BCUT2D eigenvalue weighted by Crippen LogP contribution is 2.30. The van der Waals surface area contributed by atoms with Crippen LogP contribution in [-0.4, -0.2) is 14.1 Å². The van der Waals surface area contributed by atoms with Crippen LogP contribution in [0.5, 0.6) is 0 Å². The van der Waals surface area contributed by atoms with Gasteiger partial charge in [0.05, 0.1) is 11.4 Å². The zero-order chi connectivity index (χ0) is 14.5. The Balaban J connectivity index is 2.42. The SMILES string of the molecule is CN=Nc1ccc(-c2ccc(N=NC)c(C)c2)cc1C. The second-order valence-electron chi connectivity index (χ2n) is 4.60. The summed E-state index contributed by atoms with van der Waals surface area (Å²) in [5, 5.41) is 15.8. The molecule has 0 bridgehead atoms. The summed E-state index contributed by atoms with van der Waals surface area (Å²) in [6.07, 6.45) is 0. The van der Waals surface area contributed by atoms with Gasteiger partial charge in [-0.05, 0) is 60.4 Å². The predicted molar refractivity (Wildman–Crippen MR) is 82.2 cm³/mol. The Hall–Kier alpha value is -2.36. The summed E-state index contributed by atoms with van der Waals surface area (Å²) in [6, 6.07) is 12.4. The van der Waals surface area contributed by atoms with E-state index in [4.69, 9.17) is 0 Å². The van der Waals surface area contributed by atoms with E-state index in [2.05, 4.69) is 44.7 Å². The zero-order valence-electron chi connectivity index (χ0n) is 12.3. The fourth-order valence-electron chi connectivity index (χ4n) is 2.11. The van der Waals surface area contributed by atoms with Gasteiger partial charge in [-0.15, -0.1) is 0 Å². The van der Waals surface area contributed by atoms with Crippen LogP contribution in [0.2, 0.25) is 0 Å². The maximum Gasteiger partial charge on any atom is 0.0881 e. The van der Waals surface area contributed by atoms with Gasteiger partial charge in [-0.1, -0.05) is 12.1 Å².